The molecule has 0 aliphatic carbocycles. The van der Waals surface area contributed by atoms with Crippen molar-refractivity contribution in [3.63, 3.8) is 0 Å². The first-order chi connectivity index (χ1) is 14.4. The summed E-state index contributed by atoms with van der Waals surface area (Å²) in [6.07, 6.45) is -0.946. The van der Waals surface area contributed by atoms with Crippen LogP contribution in [0.3, 0.4) is 0 Å². The minimum atomic E-state index is -1.01. The van der Waals surface area contributed by atoms with Gasteiger partial charge in [0.2, 0.25) is 0 Å². The Labute approximate surface area is 182 Å². The van der Waals surface area contributed by atoms with Gasteiger partial charge in [0.05, 0.1) is 0 Å². The first-order valence-corrected chi connectivity index (χ1v) is 10.0. The molecule has 172 valence electrons. The predicted octanol–water partition coefficient (Wildman–Crippen LogP) is 2.32. The van der Waals surface area contributed by atoms with Crippen LogP contribution in [0.1, 0.15) is 53.5 Å². The second-order valence-corrected chi connectivity index (χ2v) is 7.71. The van der Waals surface area contributed by atoms with Gasteiger partial charge >= 0.3 is 23.9 Å². The van der Waals surface area contributed by atoms with E-state index in [2.05, 4.69) is 0 Å². The fourth-order valence-corrected chi connectivity index (χ4v) is 2.54. The van der Waals surface area contributed by atoms with Crippen molar-refractivity contribution in [1.82, 2.24) is 0 Å². The predicted molar refractivity (Wildman–Crippen MR) is 111 cm³/mol. The summed E-state index contributed by atoms with van der Waals surface area (Å²) in [4.78, 5) is 46.7. The molecule has 3 atom stereocenters. The van der Waals surface area contributed by atoms with Gasteiger partial charge in [-0.2, -0.15) is 0 Å². The molecule has 1 rings (SSSR count). The Morgan fingerprint density at radius 3 is 1.97 bits per heavy atom. The monoisotopic (exact) mass is 437 g/mol. The second-order valence-electron chi connectivity index (χ2n) is 7.71. The number of ether oxygens (including phenoxy) is 4. The summed E-state index contributed by atoms with van der Waals surface area (Å²) in [6.45, 7) is 9.50. The molecule has 0 saturated carbocycles. The fourth-order valence-electron chi connectivity index (χ4n) is 2.54. The van der Waals surface area contributed by atoms with Crippen LogP contribution >= 0.6 is 0 Å². The number of rotatable bonds is 10. The van der Waals surface area contributed by atoms with Crippen molar-refractivity contribution in [3.8, 4) is 11.5 Å². The smallest absolute Gasteiger partial charge is 0.323 e. The summed E-state index contributed by atoms with van der Waals surface area (Å²) in [6, 6.07) is 3.50. The highest BCUT2D eigenvalue weighted by molar-refractivity contribution is 5.77. The number of carbonyl (C=O) groups excluding carboxylic acids is 4. The van der Waals surface area contributed by atoms with E-state index in [1.807, 2.05) is 13.8 Å². The standard InChI is InChI=1S/C22H31NO8/c1-12(2)9-21(26)28-13(3)14(4)29-22(27)18(23)10-17-7-8-19(30-15(5)24)20(11-17)31-16(6)25/h7-8,11-14,18H,9-10,23H2,1-6H3/t13?,14-,18-/m0/s1. The highest BCUT2D eigenvalue weighted by Crippen LogP contribution is 2.29. The van der Waals surface area contributed by atoms with E-state index in [-0.39, 0.29) is 36.2 Å². The maximum absolute atomic E-state index is 12.4. The molecule has 0 aromatic heterocycles. The normalized spacial score (nSPS) is 13.7. The maximum Gasteiger partial charge on any atom is 0.323 e. The summed E-state index contributed by atoms with van der Waals surface area (Å²) in [5.74, 6) is -1.91. The Morgan fingerprint density at radius 1 is 0.871 bits per heavy atom. The van der Waals surface area contributed by atoms with Gasteiger partial charge in [-0.05, 0) is 43.9 Å². The Balaban J connectivity index is 2.75. The number of hydrogen-bond acceptors (Lipinski definition) is 9. The van der Waals surface area contributed by atoms with Crippen LogP contribution in [0.4, 0.5) is 0 Å². The van der Waals surface area contributed by atoms with E-state index in [9.17, 15) is 19.2 Å². The van der Waals surface area contributed by atoms with E-state index >= 15 is 0 Å². The SMILES string of the molecule is CC(=O)Oc1ccc(C[C@H](N)C(=O)O[C@@H](C)C(C)OC(=O)CC(C)C)cc1OC(C)=O. The third-order valence-corrected chi connectivity index (χ3v) is 4.13. The van der Waals surface area contributed by atoms with Gasteiger partial charge in [-0.1, -0.05) is 19.9 Å². The van der Waals surface area contributed by atoms with Crippen molar-refractivity contribution in [2.75, 3.05) is 0 Å². The van der Waals surface area contributed by atoms with E-state index in [0.29, 0.717) is 5.56 Å². The first-order valence-electron chi connectivity index (χ1n) is 10.0. The second kappa shape index (κ2) is 12.0. The summed E-state index contributed by atoms with van der Waals surface area (Å²) in [5.41, 5.74) is 6.53. The number of carbonyl (C=O) groups is 4. The summed E-state index contributed by atoms with van der Waals surface area (Å²) in [5, 5.41) is 0. The molecule has 0 saturated heterocycles. The minimum Gasteiger partial charge on any atom is -0.459 e. The lowest BCUT2D eigenvalue weighted by molar-refractivity contribution is -0.166. The van der Waals surface area contributed by atoms with Crippen LogP contribution in [0.25, 0.3) is 0 Å². The molecular formula is C22H31NO8. The largest absolute Gasteiger partial charge is 0.459 e. The van der Waals surface area contributed by atoms with Crippen LogP contribution in [0, 0.1) is 5.92 Å². The highest BCUT2D eigenvalue weighted by atomic mass is 16.6. The first kappa shape index (κ1) is 26.1. The van der Waals surface area contributed by atoms with Gasteiger partial charge in [-0.3, -0.25) is 19.2 Å². The molecule has 9 nitrogen and oxygen atoms in total. The Morgan fingerprint density at radius 2 is 1.42 bits per heavy atom. The fraction of sp³-hybridized carbons (Fsp3) is 0.545. The van der Waals surface area contributed by atoms with E-state index in [1.54, 1.807) is 19.9 Å². The highest BCUT2D eigenvalue weighted by Gasteiger charge is 2.25. The molecule has 0 aliphatic heterocycles. The van der Waals surface area contributed by atoms with Gasteiger partial charge in [0.1, 0.15) is 18.2 Å². The molecule has 1 unspecified atom stereocenters. The molecule has 0 radical (unpaired) electrons. The molecule has 2 N–H and O–H groups in total. The minimum absolute atomic E-state index is 0.0415. The van der Waals surface area contributed by atoms with Crippen molar-refractivity contribution in [3.05, 3.63) is 23.8 Å². The lowest BCUT2D eigenvalue weighted by Crippen LogP contribution is -2.39. The molecule has 0 amide bonds. The Bertz CT molecular complexity index is 805. The van der Waals surface area contributed by atoms with Crippen molar-refractivity contribution in [2.45, 2.75) is 72.6 Å². The molecule has 0 spiro atoms. The van der Waals surface area contributed by atoms with E-state index in [0.717, 1.165) is 0 Å². The van der Waals surface area contributed by atoms with Crippen LogP contribution < -0.4 is 15.2 Å². The van der Waals surface area contributed by atoms with Crippen molar-refractivity contribution >= 4 is 23.9 Å². The molecule has 0 aliphatic rings. The average molecular weight is 437 g/mol. The summed E-state index contributed by atoms with van der Waals surface area (Å²) >= 11 is 0. The van der Waals surface area contributed by atoms with Gasteiger partial charge < -0.3 is 24.7 Å². The van der Waals surface area contributed by atoms with E-state index in [1.165, 1.54) is 26.0 Å². The van der Waals surface area contributed by atoms with Gasteiger partial charge in [0.15, 0.2) is 11.5 Å². The van der Waals surface area contributed by atoms with E-state index in [4.69, 9.17) is 24.7 Å². The average Bonchev–Trinajstić information content (AvgIpc) is 2.62. The lowest BCUT2D eigenvalue weighted by Gasteiger charge is -2.23. The zero-order valence-electron chi connectivity index (χ0n) is 18.8. The van der Waals surface area contributed by atoms with Crippen LogP contribution in [0.2, 0.25) is 0 Å². The molecule has 0 heterocycles. The van der Waals surface area contributed by atoms with Crippen molar-refractivity contribution in [1.29, 1.82) is 0 Å². The number of nitrogens with two attached hydrogens (primary N) is 1. The van der Waals surface area contributed by atoms with Crippen molar-refractivity contribution in [2.24, 2.45) is 11.7 Å². The summed E-state index contributed by atoms with van der Waals surface area (Å²) in [7, 11) is 0. The molecule has 1 aromatic rings. The molecule has 0 bridgehead atoms. The zero-order valence-corrected chi connectivity index (χ0v) is 18.8. The van der Waals surface area contributed by atoms with Gasteiger partial charge in [0, 0.05) is 20.3 Å². The van der Waals surface area contributed by atoms with Crippen LogP contribution in [0.15, 0.2) is 18.2 Å². The third kappa shape index (κ3) is 9.61. The van der Waals surface area contributed by atoms with Crippen molar-refractivity contribution < 1.29 is 38.1 Å². The number of esters is 4. The topological polar surface area (TPSA) is 131 Å². The molecular weight excluding hydrogens is 406 g/mol. The lowest BCUT2D eigenvalue weighted by atomic mass is 10.1. The maximum atomic E-state index is 12.4. The number of benzene rings is 1. The molecule has 9 heteroatoms. The third-order valence-electron chi connectivity index (χ3n) is 4.13. The molecule has 1 aromatic carbocycles. The van der Waals surface area contributed by atoms with Crippen LogP contribution in [-0.2, 0) is 35.1 Å². The molecule has 0 fully saturated rings. The quantitative estimate of drug-likeness (QED) is 0.432. The van der Waals surface area contributed by atoms with Crippen LogP contribution in [-0.4, -0.2) is 42.1 Å². The van der Waals surface area contributed by atoms with E-state index < -0.39 is 36.2 Å². The Hall–Kier alpha value is -2.94. The zero-order chi connectivity index (χ0) is 23.7. The Kier molecular flexibility index (Phi) is 10.1. The number of hydrogen-bond donors (Lipinski definition) is 1. The van der Waals surface area contributed by atoms with Crippen LogP contribution in [0.5, 0.6) is 11.5 Å². The van der Waals surface area contributed by atoms with Gasteiger partial charge in [0.25, 0.3) is 0 Å². The van der Waals surface area contributed by atoms with Gasteiger partial charge in [-0.15, -0.1) is 0 Å². The molecule has 31 heavy (non-hydrogen) atoms. The van der Waals surface area contributed by atoms with Gasteiger partial charge in [-0.25, -0.2) is 0 Å². The summed E-state index contributed by atoms with van der Waals surface area (Å²) < 4.78 is 20.7.